The molecule has 0 fully saturated rings. The van der Waals surface area contributed by atoms with Gasteiger partial charge in [-0.15, -0.1) is 0 Å². The predicted octanol–water partition coefficient (Wildman–Crippen LogP) is 3.02. The standard InChI is InChI=1S/C20H25N3O2/c1-13(2)18(23-19(24)16-9-7-8-14(3)12-16)20(25)22-15(4)17-10-5-6-11-21-17/h5-13,15,18H,1-4H3,(H,22,25)(H,23,24). The Bertz CT molecular complexity index is 729. The van der Waals surface area contributed by atoms with Crippen LogP contribution in [-0.4, -0.2) is 22.8 Å². The van der Waals surface area contributed by atoms with Crippen LogP contribution in [0.3, 0.4) is 0 Å². The summed E-state index contributed by atoms with van der Waals surface area (Å²) in [7, 11) is 0. The number of benzene rings is 1. The molecule has 0 saturated carbocycles. The molecule has 1 aromatic carbocycles. The summed E-state index contributed by atoms with van der Waals surface area (Å²) in [5, 5.41) is 5.77. The number of aromatic nitrogens is 1. The fraction of sp³-hybridized carbons (Fsp3) is 0.350. The minimum Gasteiger partial charge on any atom is -0.346 e. The van der Waals surface area contributed by atoms with Crippen LogP contribution in [0.1, 0.15) is 48.4 Å². The molecule has 2 rings (SSSR count). The van der Waals surface area contributed by atoms with Crippen molar-refractivity contribution in [3.63, 3.8) is 0 Å². The van der Waals surface area contributed by atoms with Crippen LogP contribution >= 0.6 is 0 Å². The van der Waals surface area contributed by atoms with Gasteiger partial charge in [-0.05, 0) is 44.0 Å². The van der Waals surface area contributed by atoms with E-state index in [1.54, 1.807) is 18.3 Å². The molecule has 1 aromatic heterocycles. The molecule has 5 heteroatoms. The van der Waals surface area contributed by atoms with E-state index in [1.807, 2.05) is 58.0 Å². The van der Waals surface area contributed by atoms with Crippen molar-refractivity contribution < 1.29 is 9.59 Å². The van der Waals surface area contributed by atoms with E-state index >= 15 is 0 Å². The lowest BCUT2D eigenvalue weighted by Crippen LogP contribution is -2.50. The number of nitrogens with one attached hydrogen (secondary N) is 2. The molecule has 0 aliphatic carbocycles. The molecule has 2 aromatic rings. The molecule has 0 radical (unpaired) electrons. The molecule has 1 heterocycles. The third-order valence-electron chi connectivity index (χ3n) is 4.01. The zero-order chi connectivity index (χ0) is 18.4. The molecule has 0 aliphatic heterocycles. The van der Waals surface area contributed by atoms with E-state index in [-0.39, 0.29) is 23.8 Å². The van der Waals surface area contributed by atoms with Crippen molar-refractivity contribution in [2.45, 2.75) is 39.8 Å². The average Bonchev–Trinajstić information content (AvgIpc) is 2.59. The minimum absolute atomic E-state index is 0.0373. The molecular weight excluding hydrogens is 314 g/mol. The van der Waals surface area contributed by atoms with E-state index in [9.17, 15) is 9.59 Å². The lowest BCUT2D eigenvalue weighted by molar-refractivity contribution is -0.124. The summed E-state index contributed by atoms with van der Waals surface area (Å²) in [6.07, 6.45) is 1.69. The first kappa shape index (κ1) is 18.6. The van der Waals surface area contributed by atoms with Gasteiger partial charge in [-0.1, -0.05) is 37.6 Å². The van der Waals surface area contributed by atoms with E-state index in [1.165, 1.54) is 0 Å². The fourth-order valence-electron chi connectivity index (χ4n) is 2.56. The lowest BCUT2D eigenvalue weighted by atomic mass is 10.0. The Morgan fingerprint density at radius 3 is 2.36 bits per heavy atom. The van der Waals surface area contributed by atoms with Crippen LogP contribution in [0.5, 0.6) is 0 Å². The Labute approximate surface area is 148 Å². The Balaban J connectivity index is 2.06. The highest BCUT2D eigenvalue weighted by Crippen LogP contribution is 2.11. The smallest absolute Gasteiger partial charge is 0.251 e. The zero-order valence-electron chi connectivity index (χ0n) is 15.1. The summed E-state index contributed by atoms with van der Waals surface area (Å²) < 4.78 is 0. The number of aryl methyl sites for hydroxylation is 1. The molecular formula is C20H25N3O2. The lowest BCUT2D eigenvalue weighted by Gasteiger charge is -2.24. The van der Waals surface area contributed by atoms with Crippen LogP contribution in [0, 0.1) is 12.8 Å². The summed E-state index contributed by atoms with van der Waals surface area (Å²) >= 11 is 0. The highest BCUT2D eigenvalue weighted by Gasteiger charge is 2.26. The molecule has 2 atom stereocenters. The van der Waals surface area contributed by atoms with Gasteiger partial charge in [0.2, 0.25) is 5.91 Å². The quantitative estimate of drug-likeness (QED) is 0.850. The second-order valence-electron chi connectivity index (χ2n) is 6.55. The van der Waals surface area contributed by atoms with Gasteiger partial charge >= 0.3 is 0 Å². The molecule has 2 N–H and O–H groups in total. The van der Waals surface area contributed by atoms with Gasteiger partial charge in [0, 0.05) is 11.8 Å². The van der Waals surface area contributed by atoms with Crippen LogP contribution in [0.4, 0.5) is 0 Å². The van der Waals surface area contributed by atoms with Gasteiger partial charge in [0.05, 0.1) is 11.7 Å². The van der Waals surface area contributed by atoms with Gasteiger partial charge < -0.3 is 10.6 Å². The third-order valence-corrected chi connectivity index (χ3v) is 4.01. The van der Waals surface area contributed by atoms with Gasteiger partial charge in [0.15, 0.2) is 0 Å². The van der Waals surface area contributed by atoms with Crippen molar-refractivity contribution in [1.82, 2.24) is 15.6 Å². The van der Waals surface area contributed by atoms with Crippen molar-refractivity contribution in [2.75, 3.05) is 0 Å². The Morgan fingerprint density at radius 1 is 1.00 bits per heavy atom. The number of hydrogen-bond donors (Lipinski definition) is 2. The van der Waals surface area contributed by atoms with Crippen LogP contribution in [0.15, 0.2) is 48.7 Å². The minimum atomic E-state index is -0.612. The fourth-order valence-corrected chi connectivity index (χ4v) is 2.56. The number of carbonyl (C=O) groups is 2. The van der Waals surface area contributed by atoms with Crippen LogP contribution in [0.25, 0.3) is 0 Å². The Kier molecular flexibility index (Phi) is 6.28. The van der Waals surface area contributed by atoms with E-state index in [0.29, 0.717) is 5.56 Å². The first-order valence-electron chi connectivity index (χ1n) is 8.47. The molecule has 132 valence electrons. The first-order valence-corrected chi connectivity index (χ1v) is 8.47. The number of nitrogens with zero attached hydrogens (tertiary/aromatic N) is 1. The number of hydrogen-bond acceptors (Lipinski definition) is 3. The molecule has 2 amide bonds. The summed E-state index contributed by atoms with van der Waals surface area (Å²) in [5.74, 6) is -0.498. The Hall–Kier alpha value is -2.69. The van der Waals surface area contributed by atoms with E-state index in [4.69, 9.17) is 0 Å². The highest BCUT2D eigenvalue weighted by molar-refractivity contribution is 5.97. The number of pyridine rings is 1. The van der Waals surface area contributed by atoms with E-state index in [0.717, 1.165) is 11.3 Å². The van der Waals surface area contributed by atoms with Gasteiger partial charge in [0.25, 0.3) is 5.91 Å². The van der Waals surface area contributed by atoms with E-state index < -0.39 is 6.04 Å². The summed E-state index contributed by atoms with van der Waals surface area (Å²) in [5.41, 5.74) is 2.33. The molecule has 2 unspecified atom stereocenters. The normalized spacial score (nSPS) is 13.2. The van der Waals surface area contributed by atoms with Crippen LogP contribution in [0.2, 0.25) is 0 Å². The van der Waals surface area contributed by atoms with Gasteiger partial charge in [-0.25, -0.2) is 0 Å². The monoisotopic (exact) mass is 339 g/mol. The number of rotatable bonds is 6. The zero-order valence-corrected chi connectivity index (χ0v) is 15.1. The number of carbonyl (C=O) groups excluding carboxylic acids is 2. The maximum Gasteiger partial charge on any atom is 0.251 e. The van der Waals surface area contributed by atoms with Gasteiger partial charge in [-0.3, -0.25) is 14.6 Å². The van der Waals surface area contributed by atoms with Crippen LogP contribution < -0.4 is 10.6 Å². The summed E-state index contributed by atoms with van der Waals surface area (Å²) in [6, 6.07) is 12.0. The van der Waals surface area contributed by atoms with Crippen molar-refractivity contribution in [3.8, 4) is 0 Å². The van der Waals surface area contributed by atoms with Gasteiger partial charge in [-0.2, -0.15) is 0 Å². The maximum atomic E-state index is 12.6. The summed E-state index contributed by atoms with van der Waals surface area (Å²) in [4.78, 5) is 29.4. The second-order valence-corrected chi connectivity index (χ2v) is 6.55. The molecule has 0 spiro atoms. The molecule has 5 nitrogen and oxygen atoms in total. The summed E-state index contributed by atoms with van der Waals surface area (Å²) in [6.45, 7) is 7.62. The highest BCUT2D eigenvalue weighted by atomic mass is 16.2. The predicted molar refractivity (Wildman–Crippen MR) is 98.1 cm³/mol. The van der Waals surface area contributed by atoms with Crippen molar-refractivity contribution in [3.05, 3.63) is 65.5 Å². The van der Waals surface area contributed by atoms with Gasteiger partial charge in [0.1, 0.15) is 6.04 Å². The van der Waals surface area contributed by atoms with Crippen molar-refractivity contribution in [2.24, 2.45) is 5.92 Å². The van der Waals surface area contributed by atoms with Crippen molar-refractivity contribution in [1.29, 1.82) is 0 Å². The second kappa shape index (κ2) is 8.42. The molecule has 25 heavy (non-hydrogen) atoms. The SMILES string of the molecule is Cc1cccc(C(=O)NC(C(=O)NC(C)c2ccccn2)C(C)C)c1. The van der Waals surface area contributed by atoms with Crippen LogP contribution in [-0.2, 0) is 4.79 Å². The van der Waals surface area contributed by atoms with Crippen molar-refractivity contribution >= 4 is 11.8 Å². The van der Waals surface area contributed by atoms with E-state index in [2.05, 4.69) is 15.6 Å². The third kappa shape index (κ3) is 5.14. The first-order chi connectivity index (χ1) is 11.9. The molecule has 0 saturated heterocycles. The maximum absolute atomic E-state index is 12.6. The number of amides is 2. The largest absolute Gasteiger partial charge is 0.346 e. The average molecular weight is 339 g/mol. The molecule has 0 bridgehead atoms. The Morgan fingerprint density at radius 2 is 1.76 bits per heavy atom. The topological polar surface area (TPSA) is 71.1 Å². The molecule has 0 aliphatic rings.